The van der Waals surface area contributed by atoms with E-state index < -0.39 is 0 Å². The van der Waals surface area contributed by atoms with E-state index in [4.69, 9.17) is 4.98 Å². The molecule has 1 amide bonds. The van der Waals surface area contributed by atoms with Crippen LogP contribution in [0.25, 0.3) is 0 Å². The number of imidazole rings is 1. The maximum atomic E-state index is 13.5. The van der Waals surface area contributed by atoms with E-state index in [-0.39, 0.29) is 23.8 Å². The van der Waals surface area contributed by atoms with E-state index in [9.17, 15) is 4.79 Å². The molecule has 0 bridgehead atoms. The standard InChI is InChI=1S/C22H30N4O/c1-5-20-23-14(2)21(24-20)18-12-25(3)13-19(18)22(27)26(4)17-10-15-8-6-7-9-16(15)11-17/h6-9,17-19H,5,10-13H2,1-4H3,(H,23,24)/t18-,19-/m1/s1. The van der Waals surface area contributed by atoms with Crippen molar-refractivity contribution in [2.75, 3.05) is 27.2 Å². The number of aromatic nitrogens is 2. The Hall–Kier alpha value is -2.14. The summed E-state index contributed by atoms with van der Waals surface area (Å²) < 4.78 is 0. The number of likely N-dealkylation sites (tertiary alicyclic amines) is 1. The van der Waals surface area contributed by atoms with E-state index in [0.717, 1.165) is 49.6 Å². The number of nitrogens with one attached hydrogen (secondary N) is 1. The topological polar surface area (TPSA) is 52.2 Å². The summed E-state index contributed by atoms with van der Waals surface area (Å²) in [7, 11) is 4.09. The van der Waals surface area contributed by atoms with Gasteiger partial charge in [-0.05, 0) is 37.9 Å². The minimum atomic E-state index is -0.0181. The average molecular weight is 367 g/mol. The lowest BCUT2D eigenvalue weighted by Gasteiger charge is -2.29. The lowest BCUT2D eigenvalue weighted by Crippen LogP contribution is -2.43. The Labute approximate surface area is 161 Å². The van der Waals surface area contributed by atoms with Crippen molar-refractivity contribution in [2.45, 2.75) is 45.1 Å². The number of likely N-dealkylation sites (N-methyl/N-ethyl adjacent to an activating group) is 2. The first-order chi connectivity index (χ1) is 13.0. The SMILES string of the molecule is CCc1nc([C@@H]2CN(C)C[C@H]2C(=O)N(C)C2Cc3ccccc3C2)c(C)[nH]1. The van der Waals surface area contributed by atoms with Crippen molar-refractivity contribution < 1.29 is 4.79 Å². The molecule has 0 unspecified atom stereocenters. The largest absolute Gasteiger partial charge is 0.346 e. The predicted octanol–water partition coefficient (Wildman–Crippen LogP) is 2.55. The Bertz CT molecular complexity index is 818. The molecule has 1 aliphatic carbocycles. The summed E-state index contributed by atoms with van der Waals surface area (Å²) in [6.07, 6.45) is 2.82. The van der Waals surface area contributed by atoms with Crippen LogP contribution in [0.1, 0.15) is 41.2 Å². The highest BCUT2D eigenvalue weighted by atomic mass is 16.2. The summed E-state index contributed by atoms with van der Waals surface area (Å²) in [6.45, 7) is 5.89. The van der Waals surface area contributed by atoms with Gasteiger partial charge in [-0.2, -0.15) is 0 Å². The summed E-state index contributed by atoms with van der Waals surface area (Å²) in [5.74, 6) is 1.44. The van der Waals surface area contributed by atoms with Crippen LogP contribution >= 0.6 is 0 Å². The lowest BCUT2D eigenvalue weighted by atomic mass is 9.90. The third-order valence-corrected chi connectivity index (χ3v) is 6.40. The number of hydrogen-bond donors (Lipinski definition) is 1. The van der Waals surface area contributed by atoms with Crippen LogP contribution in [0.5, 0.6) is 0 Å². The normalized spacial score (nSPS) is 23.0. The Morgan fingerprint density at radius 3 is 2.52 bits per heavy atom. The van der Waals surface area contributed by atoms with Gasteiger partial charge in [-0.1, -0.05) is 31.2 Å². The van der Waals surface area contributed by atoms with Gasteiger partial charge in [0.25, 0.3) is 0 Å². The summed E-state index contributed by atoms with van der Waals surface area (Å²) in [5.41, 5.74) is 4.97. The molecule has 1 N–H and O–H groups in total. The van der Waals surface area contributed by atoms with Crippen molar-refractivity contribution in [2.24, 2.45) is 5.92 Å². The Morgan fingerprint density at radius 2 is 1.93 bits per heavy atom. The van der Waals surface area contributed by atoms with Crippen molar-refractivity contribution in [1.82, 2.24) is 19.8 Å². The molecule has 0 saturated carbocycles. The Balaban J connectivity index is 1.54. The van der Waals surface area contributed by atoms with E-state index in [0.29, 0.717) is 0 Å². The van der Waals surface area contributed by atoms with Gasteiger partial charge >= 0.3 is 0 Å². The molecule has 1 saturated heterocycles. The van der Waals surface area contributed by atoms with E-state index in [1.807, 2.05) is 11.9 Å². The van der Waals surface area contributed by atoms with E-state index in [2.05, 4.69) is 55.0 Å². The number of nitrogens with zero attached hydrogens (tertiary/aromatic N) is 3. The van der Waals surface area contributed by atoms with Crippen molar-refractivity contribution in [3.05, 3.63) is 52.6 Å². The molecule has 2 atom stereocenters. The molecule has 5 heteroatoms. The van der Waals surface area contributed by atoms with Crippen molar-refractivity contribution in [3.8, 4) is 0 Å². The first-order valence-corrected chi connectivity index (χ1v) is 10.0. The van der Waals surface area contributed by atoms with Crippen LogP contribution in [-0.2, 0) is 24.1 Å². The number of rotatable bonds is 4. The van der Waals surface area contributed by atoms with Gasteiger partial charge in [0.2, 0.25) is 5.91 Å². The zero-order valence-electron chi connectivity index (χ0n) is 16.8. The van der Waals surface area contributed by atoms with Gasteiger partial charge in [0.05, 0.1) is 11.6 Å². The van der Waals surface area contributed by atoms with Crippen molar-refractivity contribution in [1.29, 1.82) is 0 Å². The molecule has 144 valence electrons. The van der Waals surface area contributed by atoms with E-state index >= 15 is 0 Å². The number of carbonyl (C=O) groups excluding carboxylic acids is 1. The maximum absolute atomic E-state index is 13.5. The maximum Gasteiger partial charge on any atom is 0.227 e. The third-order valence-electron chi connectivity index (χ3n) is 6.40. The molecule has 5 nitrogen and oxygen atoms in total. The predicted molar refractivity (Wildman–Crippen MR) is 107 cm³/mol. The smallest absolute Gasteiger partial charge is 0.227 e. The van der Waals surface area contributed by atoms with Crippen LogP contribution in [0.15, 0.2) is 24.3 Å². The van der Waals surface area contributed by atoms with Gasteiger partial charge in [0, 0.05) is 44.2 Å². The quantitative estimate of drug-likeness (QED) is 0.905. The third kappa shape index (κ3) is 3.29. The van der Waals surface area contributed by atoms with Crippen LogP contribution in [0.3, 0.4) is 0 Å². The number of hydrogen-bond acceptors (Lipinski definition) is 3. The second kappa shape index (κ2) is 7.12. The van der Waals surface area contributed by atoms with Crippen LogP contribution < -0.4 is 0 Å². The number of aryl methyl sites for hydroxylation is 2. The molecule has 1 aromatic heterocycles. The molecule has 0 radical (unpaired) electrons. The number of benzene rings is 1. The van der Waals surface area contributed by atoms with Gasteiger partial charge in [0.15, 0.2) is 0 Å². The zero-order valence-corrected chi connectivity index (χ0v) is 16.8. The van der Waals surface area contributed by atoms with Gasteiger partial charge in [-0.15, -0.1) is 0 Å². The van der Waals surface area contributed by atoms with Crippen molar-refractivity contribution in [3.63, 3.8) is 0 Å². The van der Waals surface area contributed by atoms with Gasteiger partial charge in [-0.3, -0.25) is 4.79 Å². The molecule has 1 aliphatic heterocycles. The fourth-order valence-corrected chi connectivity index (χ4v) is 4.84. The van der Waals surface area contributed by atoms with E-state index in [1.165, 1.54) is 11.1 Å². The second-order valence-corrected chi connectivity index (χ2v) is 8.26. The highest BCUT2D eigenvalue weighted by Crippen LogP contribution is 2.35. The molecule has 4 rings (SSSR count). The second-order valence-electron chi connectivity index (χ2n) is 8.26. The zero-order chi connectivity index (χ0) is 19.1. The fraction of sp³-hybridized carbons (Fsp3) is 0.545. The lowest BCUT2D eigenvalue weighted by molar-refractivity contribution is -0.136. The monoisotopic (exact) mass is 366 g/mol. The van der Waals surface area contributed by atoms with Crippen LogP contribution in [0.2, 0.25) is 0 Å². The molecule has 2 aromatic rings. The Morgan fingerprint density at radius 1 is 1.26 bits per heavy atom. The first-order valence-electron chi connectivity index (χ1n) is 10.0. The average Bonchev–Trinajstić information content (AvgIpc) is 3.36. The minimum absolute atomic E-state index is 0.0181. The minimum Gasteiger partial charge on any atom is -0.346 e. The number of aromatic amines is 1. The highest BCUT2D eigenvalue weighted by Gasteiger charge is 2.42. The summed E-state index contributed by atoms with van der Waals surface area (Å²) >= 11 is 0. The van der Waals surface area contributed by atoms with Crippen LogP contribution in [0.4, 0.5) is 0 Å². The van der Waals surface area contributed by atoms with Crippen LogP contribution in [-0.4, -0.2) is 58.9 Å². The molecule has 2 heterocycles. The van der Waals surface area contributed by atoms with Gasteiger partial charge < -0.3 is 14.8 Å². The highest BCUT2D eigenvalue weighted by molar-refractivity contribution is 5.81. The summed E-state index contributed by atoms with van der Waals surface area (Å²) in [6, 6.07) is 8.85. The summed E-state index contributed by atoms with van der Waals surface area (Å²) in [4.78, 5) is 25.9. The first kappa shape index (κ1) is 18.2. The van der Waals surface area contributed by atoms with Gasteiger partial charge in [0.1, 0.15) is 5.82 Å². The number of fused-ring (bicyclic) bond motifs is 1. The van der Waals surface area contributed by atoms with Crippen LogP contribution in [0, 0.1) is 12.8 Å². The molecule has 2 aliphatic rings. The summed E-state index contributed by atoms with van der Waals surface area (Å²) in [5, 5.41) is 0. The molecular weight excluding hydrogens is 336 g/mol. The molecule has 1 aromatic carbocycles. The number of carbonyl (C=O) groups is 1. The number of amides is 1. The molecule has 27 heavy (non-hydrogen) atoms. The molecule has 1 fully saturated rings. The van der Waals surface area contributed by atoms with Gasteiger partial charge in [-0.25, -0.2) is 4.98 Å². The molecule has 0 spiro atoms. The Kier molecular flexibility index (Phi) is 4.81. The van der Waals surface area contributed by atoms with E-state index in [1.54, 1.807) is 0 Å². The fourth-order valence-electron chi connectivity index (χ4n) is 4.84. The number of H-pyrrole nitrogens is 1. The van der Waals surface area contributed by atoms with Crippen molar-refractivity contribution >= 4 is 5.91 Å². The molecular formula is C22H30N4O.